The van der Waals surface area contributed by atoms with Gasteiger partial charge in [-0.3, -0.25) is 4.79 Å². The number of methoxy groups -OCH3 is 1. The van der Waals surface area contributed by atoms with Crippen molar-refractivity contribution in [2.45, 2.75) is 31.2 Å². The van der Waals surface area contributed by atoms with Crippen LogP contribution in [0.1, 0.15) is 18.1 Å². The third kappa shape index (κ3) is 4.66. The van der Waals surface area contributed by atoms with E-state index >= 15 is 0 Å². The number of carbonyl (C=O) groups is 1. The van der Waals surface area contributed by atoms with Gasteiger partial charge in [0.25, 0.3) is 5.22 Å². The number of benzene rings is 2. The van der Waals surface area contributed by atoms with E-state index in [1.165, 1.54) is 24.4 Å². The Labute approximate surface area is 172 Å². The lowest BCUT2D eigenvalue weighted by Crippen LogP contribution is -2.22. The van der Waals surface area contributed by atoms with E-state index in [1.54, 1.807) is 25.1 Å². The molecule has 1 amide bonds. The summed E-state index contributed by atoms with van der Waals surface area (Å²) in [5.74, 6) is 0.782. The molecule has 0 radical (unpaired) electrons. The van der Waals surface area contributed by atoms with Gasteiger partial charge in [0, 0.05) is 11.3 Å². The molecule has 0 fully saturated rings. The van der Waals surface area contributed by atoms with Crippen molar-refractivity contribution in [3.8, 4) is 17.2 Å². The van der Waals surface area contributed by atoms with Gasteiger partial charge in [-0.05, 0) is 62.2 Å². The van der Waals surface area contributed by atoms with Crippen molar-refractivity contribution in [2.24, 2.45) is 0 Å². The minimum atomic E-state index is -0.436. The number of anilines is 1. The third-order valence-electron chi connectivity index (χ3n) is 4.23. The van der Waals surface area contributed by atoms with Gasteiger partial charge in [-0.25, -0.2) is 0 Å². The Morgan fingerprint density at radius 1 is 1.18 bits per heavy atom. The van der Waals surface area contributed by atoms with E-state index in [1.807, 2.05) is 32.0 Å². The molecule has 0 unspecified atom stereocenters. The molecule has 2 aromatic carbocycles. The van der Waals surface area contributed by atoms with Crippen LogP contribution >= 0.6 is 23.4 Å². The van der Waals surface area contributed by atoms with Gasteiger partial charge in [-0.2, -0.15) is 0 Å². The van der Waals surface area contributed by atoms with E-state index in [4.69, 9.17) is 20.8 Å². The van der Waals surface area contributed by atoms with E-state index in [0.717, 1.165) is 11.1 Å². The maximum Gasteiger partial charge on any atom is 0.277 e. The van der Waals surface area contributed by atoms with E-state index < -0.39 is 5.25 Å². The number of thioether (sulfide) groups is 1. The molecular weight excluding hydrogens is 398 g/mol. The molecule has 1 aromatic heterocycles. The molecule has 146 valence electrons. The standard InChI is InChI=1S/C20H20ClN3O3S/c1-11-5-6-14(9-12(11)2)19-23-24-20(27-19)28-13(3)18(25)22-15-7-8-17(26-4)16(21)10-15/h5-10,13H,1-4H3,(H,22,25)/t13-/m1/s1. The second-order valence-electron chi connectivity index (χ2n) is 6.27. The van der Waals surface area contributed by atoms with Crippen LogP contribution < -0.4 is 10.1 Å². The topological polar surface area (TPSA) is 77.2 Å². The van der Waals surface area contributed by atoms with Gasteiger partial charge in [0.05, 0.1) is 17.4 Å². The van der Waals surface area contributed by atoms with Crippen LogP contribution in [0.15, 0.2) is 46.0 Å². The fourth-order valence-electron chi connectivity index (χ4n) is 2.44. The number of rotatable bonds is 6. The van der Waals surface area contributed by atoms with Crippen LogP contribution in [-0.4, -0.2) is 28.5 Å². The number of halogens is 1. The van der Waals surface area contributed by atoms with E-state index in [0.29, 0.717) is 27.6 Å². The Hall–Kier alpha value is -2.51. The zero-order valence-electron chi connectivity index (χ0n) is 15.9. The van der Waals surface area contributed by atoms with Crippen LogP contribution in [0, 0.1) is 13.8 Å². The Balaban J connectivity index is 1.65. The Bertz CT molecular complexity index is 1010. The molecule has 0 saturated heterocycles. The van der Waals surface area contributed by atoms with Crippen molar-refractivity contribution >= 4 is 35.0 Å². The number of nitrogens with one attached hydrogen (secondary N) is 1. The van der Waals surface area contributed by atoms with Crippen LogP contribution in [0.25, 0.3) is 11.5 Å². The molecule has 1 N–H and O–H groups in total. The number of aryl methyl sites for hydroxylation is 2. The van der Waals surface area contributed by atoms with Gasteiger partial charge in [-0.1, -0.05) is 29.4 Å². The molecule has 0 aliphatic rings. The van der Waals surface area contributed by atoms with Crippen molar-refractivity contribution < 1.29 is 13.9 Å². The minimum Gasteiger partial charge on any atom is -0.495 e. The van der Waals surface area contributed by atoms with Crippen molar-refractivity contribution in [2.75, 3.05) is 12.4 Å². The van der Waals surface area contributed by atoms with Crippen LogP contribution in [0.3, 0.4) is 0 Å². The average Bonchev–Trinajstić information content (AvgIpc) is 3.12. The summed E-state index contributed by atoms with van der Waals surface area (Å²) in [6.45, 7) is 5.85. The summed E-state index contributed by atoms with van der Waals surface area (Å²) in [7, 11) is 1.54. The molecule has 0 spiro atoms. The molecule has 0 saturated carbocycles. The predicted octanol–water partition coefficient (Wildman–Crippen LogP) is 5.13. The fourth-order valence-corrected chi connectivity index (χ4v) is 3.38. The van der Waals surface area contributed by atoms with Gasteiger partial charge < -0.3 is 14.5 Å². The molecular formula is C20H20ClN3O3S. The van der Waals surface area contributed by atoms with E-state index in [2.05, 4.69) is 15.5 Å². The number of hydrogen-bond acceptors (Lipinski definition) is 6. The second kappa shape index (κ2) is 8.67. The quantitative estimate of drug-likeness (QED) is 0.560. The average molecular weight is 418 g/mol. The zero-order chi connectivity index (χ0) is 20.3. The summed E-state index contributed by atoms with van der Waals surface area (Å²) >= 11 is 7.28. The van der Waals surface area contributed by atoms with E-state index in [-0.39, 0.29) is 5.91 Å². The summed E-state index contributed by atoms with van der Waals surface area (Å²) in [6, 6.07) is 11.0. The number of aromatic nitrogens is 2. The highest BCUT2D eigenvalue weighted by Gasteiger charge is 2.19. The first-order valence-corrected chi connectivity index (χ1v) is 9.85. The molecule has 1 atom stereocenters. The first-order valence-electron chi connectivity index (χ1n) is 8.59. The molecule has 0 aliphatic carbocycles. The lowest BCUT2D eigenvalue weighted by molar-refractivity contribution is -0.115. The molecule has 8 heteroatoms. The van der Waals surface area contributed by atoms with Gasteiger partial charge >= 0.3 is 0 Å². The second-order valence-corrected chi connectivity index (χ2v) is 7.97. The first-order chi connectivity index (χ1) is 13.4. The lowest BCUT2D eigenvalue weighted by Gasteiger charge is -2.11. The molecule has 6 nitrogen and oxygen atoms in total. The SMILES string of the molecule is COc1ccc(NC(=O)[C@@H](C)Sc2nnc(-c3ccc(C)c(C)c3)o2)cc1Cl. The number of amides is 1. The first kappa shape index (κ1) is 20.2. The van der Waals surface area contributed by atoms with E-state index in [9.17, 15) is 4.79 Å². The minimum absolute atomic E-state index is 0.197. The molecule has 3 aromatic rings. The Kier molecular flexibility index (Phi) is 6.26. The molecule has 0 bridgehead atoms. The molecule has 28 heavy (non-hydrogen) atoms. The van der Waals surface area contributed by atoms with Gasteiger partial charge in [0.1, 0.15) is 5.75 Å². The highest BCUT2D eigenvalue weighted by Crippen LogP contribution is 2.29. The van der Waals surface area contributed by atoms with Crippen molar-refractivity contribution in [1.29, 1.82) is 0 Å². The highest BCUT2D eigenvalue weighted by atomic mass is 35.5. The number of ether oxygens (including phenoxy) is 1. The smallest absolute Gasteiger partial charge is 0.277 e. The van der Waals surface area contributed by atoms with Crippen LogP contribution in [0.5, 0.6) is 5.75 Å². The summed E-state index contributed by atoms with van der Waals surface area (Å²) in [5, 5.41) is 11.3. The Morgan fingerprint density at radius 3 is 2.64 bits per heavy atom. The van der Waals surface area contributed by atoms with Gasteiger partial charge in [-0.15, -0.1) is 10.2 Å². The zero-order valence-corrected chi connectivity index (χ0v) is 17.5. The highest BCUT2D eigenvalue weighted by molar-refractivity contribution is 8.00. The summed E-state index contributed by atoms with van der Waals surface area (Å²) < 4.78 is 10.8. The lowest BCUT2D eigenvalue weighted by atomic mass is 10.1. The maximum atomic E-state index is 12.4. The fraction of sp³-hybridized carbons (Fsp3) is 0.250. The number of nitrogens with zero attached hydrogens (tertiary/aromatic N) is 2. The van der Waals surface area contributed by atoms with Crippen LogP contribution in [0.2, 0.25) is 5.02 Å². The number of carbonyl (C=O) groups excluding carboxylic acids is 1. The van der Waals surface area contributed by atoms with Gasteiger partial charge in [0.15, 0.2) is 0 Å². The largest absolute Gasteiger partial charge is 0.495 e. The van der Waals surface area contributed by atoms with Crippen LogP contribution in [-0.2, 0) is 4.79 Å². The van der Waals surface area contributed by atoms with Crippen molar-refractivity contribution in [1.82, 2.24) is 10.2 Å². The third-order valence-corrected chi connectivity index (χ3v) is 5.46. The molecule has 0 aliphatic heterocycles. The predicted molar refractivity (Wildman–Crippen MR) is 111 cm³/mol. The molecule has 3 rings (SSSR count). The Morgan fingerprint density at radius 2 is 1.96 bits per heavy atom. The van der Waals surface area contributed by atoms with Crippen molar-refractivity contribution in [3.05, 3.63) is 52.5 Å². The molecule has 1 heterocycles. The monoisotopic (exact) mass is 417 g/mol. The number of hydrogen-bond donors (Lipinski definition) is 1. The summed E-state index contributed by atoms with van der Waals surface area (Å²) in [6.07, 6.45) is 0. The van der Waals surface area contributed by atoms with Crippen LogP contribution in [0.4, 0.5) is 5.69 Å². The summed E-state index contributed by atoms with van der Waals surface area (Å²) in [5.41, 5.74) is 3.79. The van der Waals surface area contributed by atoms with Gasteiger partial charge in [0.2, 0.25) is 11.8 Å². The van der Waals surface area contributed by atoms with Crippen molar-refractivity contribution in [3.63, 3.8) is 0 Å². The maximum absolute atomic E-state index is 12.4. The summed E-state index contributed by atoms with van der Waals surface area (Å²) in [4.78, 5) is 12.4. The normalized spacial score (nSPS) is 11.9.